The lowest BCUT2D eigenvalue weighted by Gasteiger charge is -2.30. The summed E-state index contributed by atoms with van der Waals surface area (Å²) >= 11 is 0. The number of carboxylic acids is 1. The minimum absolute atomic E-state index is 0.0214. The van der Waals surface area contributed by atoms with E-state index < -0.39 is 5.97 Å². The summed E-state index contributed by atoms with van der Waals surface area (Å²) in [5, 5.41) is 23.8. The Hall–Kier alpha value is -2.08. The summed E-state index contributed by atoms with van der Waals surface area (Å²) < 4.78 is 0. The van der Waals surface area contributed by atoms with Crippen LogP contribution in [0.4, 0.5) is 4.79 Å². The second-order valence-corrected chi connectivity index (χ2v) is 5.66. The number of hydrogen-bond acceptors (Lipinski definition) is 3. The molecule has 1 aliphatic rings. The predicted octanol–water partition coefficient (Wildman–Crippen LogP) is 1.74. The smallest absolute Gasteiger partial charge is 0.335 e. The molecule has 0 heterocycles. The van der Waals surface area contributed by atoms with Crippen LogP contribution >= 0.6 is 0 Å². The van der Waals surface area contributed by atoms with Crippen molar-refractivity contribution < 1.29 is 19.8 Å². The van der Waals surface area contributed by atoms with E-state index >= 15 is 0 Å². The van der Waals surface area contributed by atoms with Crippen molar-refractivity contribution >= 4 is 12.0 Å². The Morgan fingerprint density at radius 3 is 2.45 bits per heavy atom. The molecule has 6 nitrogen and oxygen atoms in total. The number of aromatic carboxylic acids is 1. The molecule has 22 heavy (non-hydrogen) atoms. The van der Waals surface area contributed by atoms with Gasteiger partial charge in [-0.1, -0.05) is 25.0 Å². The highest BCUT2D eigenvalue weighted by molar-refractivity contribution is 5.87. The number of benzene rings is 1. The van der Waals surface area contributed by atoms with Crippen LogP contribution in [0.3, 0.4) is 0 Å². The van der Waals surface area contributed by atoms with Gasteiger partial charge in [0.2, 0.25) is 0 Å². The van der Waals surface area contributed by atoms with E-state index in [0.717, 1.165) is 31.2 Å². The maximum Gasteiger partial charge on any atom is 0.335 e. The van der Waals surface area contributed by atoms with Crippen molar-refractivity contribution in [2.45, 2.75) is 38.3 Å². The number of urea groups is 1. The summed E-state index contributed by atoms with van der Waals surface area (Å²) in [5.41, 5.74) is 1.06. The van der Waals surface area contributed by atoms with Gasteiger partial charge in [-0.3, -0.25) is 0 Å². The van der Waals surface area contributed by atoms with Crippen LogP contribution in [0.25, 0.3) is 0 Å². The largest absolute Gasteiger partial charge is 0.478 e. The van der Waals surface area contributed by atoms with Crippen molar-refractivity contribution in [2.24, 2.45) is 5.92 Å². The Bertz CT molecular complexity index is 515. The number of amides is 2. The number of carboxylic acid groups (broad SMARTS) is 1. The first-order valence-corrected chi connectivity index (χ1v) is 7.57. The summed E-state index contributed by atoms with van der Waals surface area (Å²) in [6.07, 6.45) is 4.00. The molecule has 6 heteroatoms. The normalized spacial score (nSPS) is 21.1. The van der Waals surface area contributed by atoms with Gasteiger partial charge in [0.25, 0.3) is 0 Å². The first-order valence-electron chi connectivity index (χ1n) is 7.57. The van der Waals surface area contributed by atoms with Gasteiger partial charge in [-0.15, -0.1) is 0 Å². The van der Waals surface area contributed by atoms with Gasteiger partial charge < -0.3 is 20.8 Å². The Morgan fingerprint density at radius 1 is 1.14 bits per heavy atom. The summed E-state index contributed by atoms with van der Waals surface area (Å²) in [4.78, 5) is 22.7. The van der Waals surface area contributed by atoms with E-state index in [9.17, 15) is 14.7 Å². The number of carbonyl (C=O) groups is 2. The fraction of sp³-hybridized carbons (Fsp3) is 0.500. The van der Waals surface area contributed by atoms with Crippen LogP contribution in [0.15, 0.2) is 24.3 Å². The maximum absolute atomic E-state index is 11.9. The van der Waals surface area contributed by atoms with Gasteiger partial charge in [0.1, 0.15) is 0 Å². The highest BCUT2D eigenvalue weighted by Crippen LogP contribution is 2.23. The molecule has 0 radical (unpaired) electrons. The quantitative estimate of drug-likeness (QED) is 0.666. The van der Waals surface area contributed by atoms with Crippen LogP contribution in [-0.4, -0.2) is 34.9 Å². The minimum Gasteiger partial charge on any atom is -0.478 e. The molecule has 2 amide bonds. The van der Waals surface area contributed by atoms with Crippen molar-refractivity contribution in [1.29, 1.82) is 0 Å². The molecule has 0 saturated heterocycles. The summed E-state index contributed by atoms with van der Waals surface area (Å²) in [7, 11) is 0. The average molecular weight is 306 g/mol. The molecular weight excluding hydrogens is 284 g/mol. The van der Waals surface area contributed by atoms with E-state index in [-0.39, 0.29) is 30.2 Å². The Labute approximate surface area is 129 Å². The number of aliphatic hydroxyl groups is 1. The van der Waals surface area contributed by atoms with E-state index in [4.69, 9.17) is 5.11 Å². The molecule has 1 saturated carbocycles. The molecule has 2 atom stereocenters. The first kappa shape index (κ1) is 16.3. The molecule has 0 bridgehead atoms. The highest BCUT2D eigenvalue weighted by Gasteiger charge is 2.25. The van der Waals surface area contributed by atoms with Crippen LogP contribution in [-0.2, 0) is 6.54 Å². The van der Waals surface area contributed by atoms with Crippen LogP contribution in [0.2, 0.25) is 0 Å². The summed E-state index contributed by atoms with van der Waals surface area (Å²) in [6.45, 7) is 0.434. The number of rotatable bonds is 5. The number of hydrogen-bond donors (Lipinski definition) is 4. The van der Waals surface area contributed by atoms with Crippen molar-refractivity contribution in [3.63, 3.8) is 0 Å². The van der Waals surface area contributed by atoms with Crippen molar-refractivity contribution in [2.75, 3.05) is 6.61 Å². The molecule has 4 N–H and O–H groups in total. The van der Waals surface area contributed by atoms with Gasteiger partial charge in [0.15, 0.2) is 0 Å². The van der Waals surface area contributed by atoms with Gasteiger partial charge in [-0.2, -0.15) is 0 Å². The molecule has 0 aromatic heterocycles. The predicted molar refractivity (Wildman–Crippen MR) is 81.6 cm³/mol. The van der Waals surface area contributed by atoms with Gasteiger partial charge in [0, 0.05) is 25.1 Å². The molecule has 0 spiro atoms. The van der Waals surface area contributed by atoms with Crippen molar-refractivity contribution in [3.05, 3.63) is 35.4 Å². The Balaban J connectivity index is 1.80. The Kier molecular flexibility index (Phi) is 5.77. The summed E-state index contributed by atoms with van der Waals surface area (Å²) in [6, 6.07) is 6.16. The SMILES string of the molecule is O=C(NCc1ccc(C(=O)O)cc1)NC1CCCCC1CO. The molecule has 2 unspecified atom stereocenters. The van der Waals surface area contributed by atoms with E-state index in [1.165, 1.54) is 12.1 Å². The van der Waals surface area contributed by atoms with Crippen LogP contribution in [0.1, 0.15) is 41.6 Å². The fourth-order valence-corrected chi connectivity index (χ4v) is 2.78. The fourth-order valence-electron chi connectivity index (χ4n) is 2.78. The van der Waals surface area contributed by atoms with Gasteiger partial charge >= 0.3 is 12.0 Å². The summed E-state index contributed by atoms with van der Waals surface area (Å²) in [5.74, 6) is -0.834. The molecule has 120 valence electrons. The van der Waals surface area contributed by atoms with E-state index in [1.54, 1.807) is 12.1 Å². The average Bonchev–Trinajstić information content (AvgIpc) is 2.54. The zero-order chi connectivity index (χ0) is 15.9. The number of carbonyl (C=O) groups excluding carboxylic acids is 1. The van der Waals surface area contributed by atoms with Gasteiger partial charge in [0.05, 0.1) is 5.56 Å². The molecule has 1 aromatic carbocycles. The minimum atomic E-state index is -0.968. The molecule has 2 rings (SSSR count). The highest BCUT2D eigenvalue weighted by atomic mass is 16.4. The van der Waals surface area contributed by atoms with Gasteiger partial charge in [-0.25, -0.2) is 9.59 Å². The third-order valence-electron chi connectivity index (χ3n) is 4.11. The Morgan fingerprint density at radius 2 is 1.82 bits per heavy atom. The van der Waals surface area contributed by atoms with Gasteiger partial charge in [-0.05, 0) is 30.5 Å². The third kappa shape index (κ3) is 4.46. The van der Waals surface area contributed by atoms with Crippen molar-refractivity contribution in [3.8, 4) is 0 Å². The van der Waals surface area contributed by atoms with Crippen LogP contribution in [0.5, 0.6) is 0 Å². The van der Waals surface area contributed by atoms with E-state index in [1.807, 2.05) is 0 Å². The van der Waals surface area contributed by atoms with Crippen LogP contribution in [0, 0.1) is 5.92 Å². The van der Waals surface area contributed by atoms with Crippen LogP contribution < -0.4 is 10.6 Å². The van der Waals surface area contributed by atoms with E-state index in [0.29, 0.717) is 6.54 Å². The lowest BCUT2D eigenvalue weighted by Crippen LogP contribution is -2.47. The standard InChI is InChI=1S/C16H22N2O4/c19-10-13-3-1-2-4-14(13)18-16(22)17-9-11-5-7-12(8-6-11)15(20)21/h5-8,13-14,19H,1-4,9-10H2,(H,20,21)(H2,17,18,22). The zero-order valence-electron chi connectivity index (χ0n) is 12.4. The second-order valence-electron chi connectivity index (χ2n) is 5.66. The molecular formula is C16H22N2O4. The second kappa shape index (κ2) is 7.79. The maximum atomic E-state index is 11.9. The molecule has 0 aliphatic heterocycles. The molecule has 1 aliphatic carbocycles. The van der Waals surface area contributed by atoms with Crippen molar-refractivity contribution in [1.82, 2.24) is 10.6 Å². The van der Waals surface area contributed by atoms with E-state index in [2.05, 4.69) is 10.6 Å². The first-order chi connectivity index (χ1) is 10.6. The molecule has 1 aromatic rings. The third-order valence-corrected chi connectivity index (χ3v) is 4.11. The molecule has 1 fully saturated rings. The topological polar surface area (TPSA) is 98.7 Å². The zero-order valence-corrected chi connectivity index (χ0v) is 12.4. The monoisotopic (exact) mass is 306 g/mol. The lowest BCUT2D eigenvalue weighted by molar-refractivity contribution is 0.0697. The number of aliphatic hydroxyl groups excluding tert-OH is 1. The number of nitrogens with one attached hydrogen (secondary N) is 2. The lowest BCUT2D eigenvalue weighted by atomic mass is 9.85.